The van der Waals surface area contributed by atoms with Crippen molar-refractivity contribution in [3.63, 3.8) is 0 Å². The van der Waals surface area contributed by atoms with Gasteiger partial charge in [0.05, 0.1) is 12.6 Å². The summed E-state index contributed by atoms with van der Waals surface area (Å²) in [5.74, 6) is 0.579. The minimum atomic E-state index is 0.0624. The van der Waals surface area contributed by atoms with Gasteiger partial charge in [-0.05, 0) is 6.07 Å². The first kappa shape index (κ1) is 9.88. The van der Waals surface area contributed by atoms with Gasteiger partial charge in [-0.1, -0.05) is 0 Å². The second-order valence-corrected chi connectivity index (χ2v) is 2.60. The third-order valence-electron chi connectivity index (χ3n) is 1.55. The molecule has 3 N–H and O–H groups in total. The molecule has 1 rings (SSSR count). The molecule has 0 radical (unpaired) electrons. The monoisotopic (exact) mass is 182 g/mol. The number of rotatable bonds is 5. The van der Waals surface area contributed by atoms with Crippen molar-refractivity contribution in [2.75, 3.05) is 25.6 Å². The Kier molecular flexibility index (Phi) is 4.14. The zero-order valence-corrected chi connectivity index (χ0v) is 7.60. The van der Waals surface area contributed by atoms with E-state index in [1.165, 1.54) is 0 Å². The molecule has 0 aromatic carbocycles. The van der Waals surface area contributed by atoms with Gasteiger partial charge >= 0.3 is 0 Å². The first-order valence-electron chi connectivity index (χ1n) is 4.09. The highest BCUT2D eigenvalue weighted by atomic mass is 16.5. The summed E-state index contributed by atoms with van der Waals surface area (Å²) < 4.78 is 4.97. The average Bonchev–Trinajstić information content (AvgIpc) is 2.19. The molecule has 1 aromatic rings. The summed E-state index contributed by atoms with van der Waals surface area (Å²) in [6.45, 7) is 1.04. The molecule has 0 aliphatic heterocycles. The van der Waals surface area contributed by atoms with Crippen LogP contribution < -0.4 is 11.1 Å². The van der Waals surface area contributed by atoms with Crippen LogP contribution >= 0.6 is 0 Å². The zero-order valence-electron chi connectivity index (χ0n) is 7.60. The fraction of sp³-hybridized carbons (Fsp3) is 0.500. The number of nitrogens with one attached hydrogen (secondary N) is 1. The number of hydrogen-bond acceptors (Lipinski definition) is 5. The standard InChI is InChI=1S/C8H14N4O/c1-13-6-7(5-9)12-8-10-3-2-4-11-8/h2-4,7H,5-6,9H2,1H3,(H,10,11,12). The Balaban J connectivity index is 2.46. The van der Waals surface area contributed by atoms with Crippen molar-refractivity contribution in [1.82, 2.24) is 9.97 Å². The van der Waals surface area contributed by atoms with Crippen molar-refractivity contribution < 1.29 is 4.74 Å². The lowest BCUT2D eigenvalue weighted by Crippen LogP contribution is -2.33. The molecule has 1 heterocycles. The summed E-state index contributed by atoms with van der Waals surface area (Å²) in [6.07, 6.45) is 3.35. The number of anilines is 1. The van der Waals surface area contributed by atoms with Crippen LogP contribution in [0.25, 0.3) is 0 Å². The van der Waals surface area contributed by atoms with Crippen LogP contribution in [0.5, 0.6) is 0 Å². The van der Waals surface area contributed by atoms with Crippen molar-refractivity contribution in [2.45, 2.75) is 6.04 Å². The van der Waals surface area contributed by atoms with E-state index in [1.807, 2.05) is 0 Å². The average molecular weight is 182 g/mol. The van der Waals surface area contributed by atoms with Crippen LogP contribution in [-0.4, -0.2) is 36.3 Å². The number of nitrogens with zero attached hydrogens (tertiary/aromatic N) is 2. The van der Waals surface area contributed by atoms with E-state index in [4.69, 9.17) is 10.5 Å². The summed E-state index contributed by atoms with van der Waals surface area (Å²) in [7, 11) is 1.64. The molecule has 5 nitrogen and oxygen atoms in total. The topological polar surface area (TPSA) is 73.1 Å². The van der Waals surface area contributed by atoms with Gasteiger partial charge in [0, 0.05) is 26.0 Å². The molecule has 0 saturated heterocycles. The normalized spacial score (nSPS) is 12.5. The molecule has 0 amide bonds. The van der Waals surface area contributed by atoms with Gasteiger partial charge in [0.1, 0.15) is 0 Å². The quantitative estimate of drug-likeness (QED) is 0.663. The third kappa shape index (κ3) is 3.35. The van der Waals surface area contributed by atoms with Crippen LogP contribution in [0.4, 0.5) is 5.95 Å². The van der Waals surface area contributed by atoms with E-state index >= 15 is 0 Å². The van der Waals surface area contributed by atoms with Crippen molar-refractivity contribution >= 4 is 5.95 Å². The van der Waals surface area contributed by atoms with Gasteiger partial charge in [-0.2, -0.15) is 0 Å². The molecule has 5 heteroatoms. The maximum absolute atomic E-state index is 5.51. The summed E-state index contributed by atoms with van der Waals surface area (Å²) in [4.78, 5) is 8.03. The van der Waals surface area contributed by atoms with Gasteiger partial charge in [-0.25, -0.2) is 9.97 Å². The smallest absolute Gasteiger partial charge is 0.222 e. The first-order valence-corrected chi connectivity index (χ1v) is 4.09. The third-order valence-corrected chi connectivity index (χ3v) is 1.55. The van der Waals surface area contributed by atoms with Crippen molar-refractivity contribution in [1.29, 1.82) is 0 Å². The van der Waals surface area contributed by atoms with Crippen molar-refractivity contribution in [3.8, 4) is 0 Å². The second-order valence-electron chi connectivity index (χ2n) is 2.60. The minimum absolute atomic E-state index is 0.0624. The van der Waals surface area contributed by atoms with Crippen molar-refractivity contribution in [2.24, 2.45) is 5.73 Å². The second kappa shape index (κ2) is 5.45. The first-order chi connectivity index (χ1) is 6.36. The number of aromatic nitrogens is 2. The Bertz CT molecular complexity index is 229. The van der Waals surface area contributed by atoms with Crippen LogP contribution in [0.15, 0.2) is 18.5 Å². The molecular formula is C8H14N4O. The molecule has 1 aromatic heterocycles. The Labute approximate surface area is 77.3 Å². The van der Waals surface area contributed by atoms with Crippen LogP contribution in [0, 0.1) is 0 Å². The Morgan fingerprint density at radius 3 is 2.77 bits per heavy atom. The van der Waals surface area contributed by atoms with Crippen LogP contribution in [-0.2, 0) is 4.74 Å². The molecule has 0 aliphatic carbocycles. The molecule has 0 bridgehead atoms. The van der Waals surface area contributed by atoms with Gasteiger partial charge in [0.2, 0.25) is 5.95 Å². The van der Waals surface area contributed by atoms with Gasteiger partial charge in [-0.15, -0.1) is 0 Å². The highest BCUT2D eigenvalue weighted by Gasteiger charge is 2.05. The van der Waals surface area contributed by atoms with Crippen LogP contribution in [0.3, 0.4) is 0 Å². The molecule has 13 heavy (non-hydrogen) atoms. The zero-order chi connectivity index (χ0) is 9.52. The number of hydrogen-bond donors (Lipinski definition) is 2. The summed E-state index contributed by atoms with van der Waals surface area (Å²) in [5.41, 5.74) is 5.51. The Morgan fingerprint density at radius 1 is 1.54 bits per heavy atom. The molecule has 72 valence electrons. The fourth-order valence-electron chi connectivity index (χ4n) is 0.926. The highest BCUT2D eigenvalue weighted by Crippen LogP contribution is 1.97. The highest BCUT2D eigenvalue weighted by molar-refractivity contribution is 5.24. The number of ether oxygens (including phenoxy) is 1. The largest absolute Gasteiger partial charge is 0.383 e. The van der Waals surface area contributed by atoms with Gasteiger partial charge in [0.25, 0.3) is 0 Å². The lowest BCUT2D eigenvalue weighted by molar-refractivity contribution is 0.187. The predicted molar refractivity (Wildman–Crippen MR) is 50.4 cm³/mol. The van der Waals surface area contributed by atoms with Gasteiger partial charge in [-0.3, -0.25) is 0 Å². The maximum atomic E-state index is 5.51. The van der Waals surface area contributed by atoms with Crippen LogP contribution in [0.1, 0.15) is 0 Å². The van der Waals surface area contributed by atoms with E-state index in [0.29, 0.717) is 19.1 Å². The lowest BCUT2D eigenvalue weighted by Gasteiger charge is -2.14. The maximum Gasteiger partial charge on any atom is 0.222 e. The SMILES string of the molecule is COCC(CN)Nc1ncccn1. The van der Waals surface area contributed by atoms with E-state index in [2.05, 4.69) is 15.3 Å². The predicted octanol–water partition coefficient (Wildman–Crippen LogP) is -0.138. The van der Waals surface area contributed by atoms with Crippen molar-refractivity contribution in [3.05, 3.63) is 18.5 Å². The van der Waals surface area contributed by atoms with Gasteiger partial charge < -0.3 is 15.8 Å². The molecule has 0 saturated carbocycles. The Morgan fingerprint density at radius 2 is 2.23 bits per heavy atom. The lowest BCUT2D eigenvalue weighted by atomic mass is 10.3. The number of methoxy groups -OCH3 is 1. The van der Waals surface area contributed by atoms with Crippen LogP contribution in [0.2, 0.25) is 0 Å². The van der Waals surface area contributed by atoms with E-state index in [9.17, 15) is 0 Å². The molecule has 1 unspecified atom stereocenters. The van der Waals surface area contributed by atoms with E-state index in [0.717, 1.165) is 0 Å². The van der Waals surface area contributed by atoms with E-state index < -0.39 is 0 Å². The Hall–Kier alpha value is -1.20. The molecule has 1 atom stereocenters. The van der Waals surface area contributed by atoms with Gasteiger partial charge in [0.15, 0.2) is 0 Å². The number of nitrogens with two attached hydrogens (primary N) is 1. The summed E-state index contributed by atoms with van der Waals surface area (Å²) in [5, 5.41) is 3.06. The molecular weight excluding hydrogens is 168 g/mol. The molecule has 0 aliphatic rings. The van der Waals surface area contributed by atoms with E-state index in [-0.39, 0.29) is 6.04 Å². The van der Waals surface area contributed by atoms with E-state index in [1.54, 1.807) is 25.6 Å². The molecule has 0 fully saturated rings. The fourth-order valence-corrected chi connectivity index (χ4v) is 0.926. The minimum Gasteiger partial charge on any atom is -0.383 e. The summed E-state index contributed by atoms with van der Waals surface area (Å²) in [6, 6.07) is 1.83. The molecule has 0 spiro atoms. The summed E-state index contributed by atoms with van der Waals surface area (Å²) >= 11 is 0.